The summed E-state index contributed by atoms with van der Waals surface area (Å²) in [6.45, 7) is 0. The lowest BCUT2D eigenvalue weighted by Crippen LogP contribution is -2.21. The van der Waals surface area contributed by atoms with E-state index in [-0.39, 0.29) is 4.93 Å². The average molecular weight is 174 g/mol. The highest BCUT2D eigenvalue weighted by atomic mass is 32.2. The molecular formula is C7H10OS2. The van der Waals surface area contributed by atoms with E-state index in [1.54, 1.807) is 11.8 Å². The number of thioether (sulfide) groups is 1. The van der Waals surface area contributed by atoms with E-state index in [1.807, 2.05) is 6.26 Å². The van der Waals surface area contributed by atoms with Crippen LogP contribution in [0.25, 0.3) is 0 Å². The zero-order valence-electron chi connectivity index (χ0n) is 5.87. The fraction of sp³-hybridized carbons (Fsp3) is 0.571. The molecule has 1 unspecified atom stereocenters. The third-order valence-electron chi connectivity index (χ3n) is 1.62. The van der Waals surface area contributed by atoms with E-state index in [0.717, 1.165) is 12.8 Å². The molecule has 0 radical (unpaired) electrons. The van der Waals surface area contributed by atoms with Gasteiger partial charge in [-0.05, 0) is 31.0 Å². The van der Waals surface area contributed by atoms with Crippen LogP contribution in [0.3, 0.4) is 0 Å². The number of hydrogen-bond acceptors (Lipinski definition) is 3. The van der Waals surface area contributed by atoms with Gasteiger partial charge in [0, 0.05) is 6.42 Å². The minimum atomic E-state index is -0.137. The van der Waals surface area contributed by atoms with Crippen LogP contribution in [-0.2, 0) is 4.74 Å². The first-order valence-electron chi connectivity index (χ1n) is 3.17. The van der Waals surface area contributed by atoms with Gasteiger partial charge in [0.25, 0.3) is 0 Å². The van der Waals surface area contributed by atoms with E-state index in [4.69, 9.17) is 4.74 Å². The van der Waals surface area contributed by atoms with Crippen molar-refractivity contribution in [3.63, 3.8) is 0 Å². The minimum Gasteiger partial charge on any atom is -0.469 e. The zero-order chi connectivity index (χ0) is 7.45. The van der Waals surface area contributed by atoms with E-state index in [9.17, 15) is 0 Å². The molecule has 3 heteroatoms. The van der Waals surface area contributed by atoms with E-state index >= 15 is 0 Å². The topological polar surface area (TPSA) is 9.23 Å². The molecule has 1 aliphatic carbocycles. The number of thiocarbonyl (C=S) groups is 1. The molecule has 0 saturated carbocycles. The lowest BCUT2D eigenvalue weighted by molar-refractivity contribution is 0.218. The third-order valence-corrected chi connectivity index (χ3v) is 2.85. The smallest absolute Gasteiger partial charge is 0.173 e. The Morgan fingerprint density at radius 1 is 1.80 bits per heavy atom. The Morgan fingerprint density at radius 2 is 2.60 bits per heavy atom. The van der Waals surface area contributed by atoms with E-state index in [2.05, 4.69) is 24.4 Å². The van der Waals surface area contributed by atoms with Crippen LogP contribution in [0.1, 0.15) is 12.8 Å². The van der Waals surface area contributed by atoms with Crippen LogP contribution in [0.15, 0.2) is 12.2 Å². The Balaban J connectivity index is 2.58. The average Bonchev–Trinajstić information content (AvgIpc) is 2.39. The maximum absolute atomic E-state index is 5.31. The van der Waals surface area contributed by atoms with Gasteiger partial charge in [0.2, 0.25) is 0 Å². The van der Waals surface area contributed by atoms with Crippen molar-refractivity contribution in [2.24, 2.45) is 0 Å². The highest BCUT2D eigenvalue weighted by Crippen LogP contribution is 2.35. The van der Waals surface area contributed by atoms with Crippen LogP contribution in [0.2, 0.25) is 0 Å². The summed E-state index contributed by atoms with van der Waals surface area (Å²) in [5.41, 5.74) is 1.35. The molecular weight excluding hydrogens is 164 g/mol. The molecule has 0 aliphatic heterocycles. The Kier molecular flexibility index (Phi) is 2.74. The number of allylic oxidation sites excluding steroid dienone is 1. The SMILES string of the molecule is CSC1(OC=S)C=CCC1. The van der Waals surface area contributed by atoms with Crippen molar-refractivity contribution in [1.29, 1.82) is 0 Å². The van der Waals surface area contributed by atoms with Gasteiger partial charge in [0.05, 0.1) is 0 Å². The fourth-order valence-electron chi connectivity index (χ4n) is 1.03. The van der Waals surface area contributed by atoms with Gasteiger partial charge in [-0.25, -0.2) is 0 Å². The molecule has 0 N–H and O–H groups in total. The van der Waals surface area contributed by atoms with Gasteiger partial charge in [-0.1, -0.05) is 6.08 Å². The molecule has 1 aliphatic rings. The number of hydrogen-bond donors (Lipinski definition) is 0. The lowest BCUT2D eigenvalue weighted by atomic mass is 10.3. The standard InChI is InChI=1S/C7H10OS2/c1-10-7(8-6-9)4-2-3-5-7/h2,4,6H,3,5H2,1H3. The van der Waals surface area contributed by atoms with Crippen molar-refractivity contribution in [3.05, 3.63) is 12.2 Å². The van der Waals surface area contributed by atoms with Crippen LogP contribution in [0.4, 0.5) is 0 Å². The highest BCUT2D eigenvalue weighted by Gasteiger charge is 2.29. The minimum absolute atomic E-state index is 0.137. The molecule has 1 atom stereocenters. The molecule has 0 heterocycles. The first kappa shape index (κ1) is 8.08. The van der Waals surface area contributed by atoms with Gasteiger partial charge in [-0.3, -0.25) is 0 Å². The molecule has 1 rings (SSSR count). The molecule has 56 valence electrons. The summed E-state index contributed by atoms with van der Waals surface area (Å²) in [6, 6.07) is 0. The maximum Gasteiger partial charge on any atom is 0.173 e. The van der Waals surface area contributed by atoms with E-state index in [1.165, 1.54) is 5.55 Å². The molecule has 0 aromatic carbocycles. The molecule has 0 saturated heterocycles. The molecule has 0 aromatic rings. The highest BCUT2D eigenvalue weighted by molar-refractivity contribution is 8.00. The first-order chi connectivity index (χ1) is 4.83. The quantitative estimate of drug-likeness (QED) is 0.369. The van der Waals surface area contributed by atoms with Gasteiger partial charge >= 0.3 is 0 Å². The third kappa shape index (κ3) is 1.52. The summed E-state index contributed by atoms with van der Waals surface area (Å²) in [7, 11) is 0. The fourth-order valence-corrected chi connectivity index (χ4v) is 1.96. The van der Waals surface area contributed by atoms with Crippen molar-refractivity contribution < 1.29 is 4.74 Å². The summed E-state index contributed by atoms with van der Waals surface area (Å²) < 4.78 is 5.31. The summed E-state index contributed by atoms with van der Waals surface area (Å²) in [5.74, 6) is 0. The number of rotatable bonds is 3. The van der Waals surface area contributed by atoms with Crippen molar-refractivity contribution in [1.82, 2.24) is 0 Å². The predicted octanol–water partition coefficient (Wildman–Crippen LogP) is 2.37. The van der Waals surface area contributed by atoms with Crippen molar-refractivity contribution >= 4 is 29.5 Å². The first-order valence-corrected chi connectivity index (χ1v) is 4.87. The molecule has 10 heavy (non-hydrogen) atoms. The van der Waals surface area contributed by atoms with Gasteiger partial charge in [-0.2, -0.15) is 0 Å². The Bertz CT molecular complexity index is 156. The second-order valence-electron chi connectivity index (χ2n) is 2.17. The summed E-state index contributed by atoms with van der Waals surface area (Å²) >= 11 is 6.33. The largest absolute Gasteiger partial charge is 0.469 e. The molecule has 0 spiro atoms. The zero-order valence-corrected chi connectivity index (χ0v) is 7.50. The second-order valence-corrected chi connectivity index (χ2v) is 3.46. The van der Waals surface area contributed by atoms with Crippen molar-refractivity contribution in [3.8, 4) is 0 Å². The molecule has 0 bridgehead atoms. The molecule has 0 aromatic heterocycles. The Morgan fingerprint density at radius 3 is 3.00 bits per heavy atom. The van der Waals surface area contributed by atoms with E-state index in [0.29, 0.717) is 0 Å². The summed E-state index contributed by atoms with van der Waals surface area (Å²) in [5, 5.41) is 0. The monoisotopic (exact) mass is 174 g/mol. The summed E-state index contributed by atoms with van der Waals surface area (Å²) in [4.78, 5) is -0.137. The Hall–Kier alpha value is -0.0200. The predicted molar refractivity (Wildman–Crippen MR) is 49.4 cm³/mol. The van der Waals surface area contributed by atoms with Crippen LogP contribution >= 0.6 is 24.0 Å². The molecule has 0 amide bonds. The lowest BCUT2D eigenvalue weighted by Gasteiger charge is -2.23. The van der Waals surface area contributed by atoms with Crippen LogP contribution in [-0.4, -0.2) is 16.7 Å². The van der Waals surface area contributed by atoms with E-state index < -0.39 is 0 Å². The van der Waals surface area contributed by atoms with Crippen LogP contribution in [0.5, 0.6) is 0 Å². The van der Waals surface area contributed by atoms with Crippen molar-refractivity contribution in [2.75, 3.05) is 6.26 Å². The van der Waals surface area contributed by atoms with Gasteiger partial charge < -0.3 is 4.74 Å². The summed E-state index contributed by atoms with van der Waals surface area (Å²) in [6.07, 6.45) is 8.40. The van der Waals surface area contributed by atoms with Gasteiger partial charge in [0.15, 0.2) is 4.93 Å². The maximum atomic E-state index is 5.31. The molecule has 1 nitrogen and oxygen atoms in total. The van der Waals surface area contributed by atoms with Crippen LogP contribution in [0, 0.1) is 0 Å². The van der Waals surface area contributed by atoms with Gasteiger partial charge in [0.1, 0.15) is 5.55 Å². The number of ether oxygens (including phenoxy) is 1. The van der Waals surface area contributed by atoms with Gasteiger partial charge in [-0.15, -0.1) is 11.8 Å². The Labute approximate surface area is 70.8 Å². The van der Waals surface area contributed by atoms with Crippen LogP contribution < -0.4 is 0 Å². The molecule has 0 fully saturated rings. The second kappa shape index (κ2) is 3.39. The van der Waals surface area contributed by atoms with Crippen molar-refractivity contribution in [2.45, 2.75) is 17.8 Å². The normalized spacial score (nSPS) is 30.5.